The van der Waals surface area contributed by atoms with Crippen LogP contribution in [0.3, 0.4) is 0 Å². The fourth-order valence-electron chi connectivity index (χ4n) is 5.26. The summed E-state index contributed by atoms with van der Waals surface area (Å²) in [5, 5.41) is 4.27. The Labute approximate surface area is 253 Å². The summed E-state index contributed by atoms with van der Waals surface area (Å²) in [5.74, 6) is -0.637. The van der Waals surface area contributed by atoms with Gasteiger partial charge >= 0.3 is 17.6 Å². The van der Waals surface area contributed by atoms with E-state index in [0.29, 0.717) is 83.4 Å². The maximum Gasteiger partial charge on any atom is 0.336 e. The zero-order chi connectivity index (χ0) is 31.4. The summed E-state index contributed by atoms with van der Waals surface area (Å²) in [4.78, 5) is 58.1. The molecule has 0 aliphatic carbocycles. The quantitative estimate of drug-likeness (QED) is 0.314. The van der Waals surface area contributed by atoms with Gasteiger partial charge in [0.2, 0.25) is 5.91 Å². The first-order valence-corrected chi connectivity index (χ1v) is 15.2. The van der Waals surface area contributed by atoms with E-state index in [-0.39, 0.29) is 37.5 Å². The number of aryl methyl sites for hydroxylation is 2. The number of amides is 1. The predicted molar refractivity (Wildman–Crippen MR) is 165 cm³/mol. The van der Waals surface area contributed by atoms with E-state index in [2.05, 4.69) is 10.2 Å². The van der Waals surface area contributed by atoms with E-state index < -0.39 is 5.63 Å². The van der Waals surface area contributed by atoms with Crippen molar-refractivity contribution in [1.82, 2.24) is 20.0 Å². The van der Waals surface area contributed by atoms with Crippen LogP contribution in [-0.4, -0.2) is 124 Å². The number of carbonyl (C=O) groups is 3. The van der Waals surface area contributed by atoms with Crippen LogP contribution in [0.2, 0.25) is 0 Å². The lowest BCUT2D eigenvalue weighted by atomic mass is 10.1. The summed E-state index contributed by atoms with van der Waals surface area (Å²) in [5.41, 5.74) is 2.50. The highest BCUT2D eigenvalue weighted by Crippen LogP contribution is 2.28. The molecule has 0 unspecified atom stereocenters. The average Bonchev–Trinajstić information content (AvgIpc) is 2.94. The van der Waals surface area contributed by atoms with Crippen molar-refractivity contribution in [2.75, 3.05) is 96.7 Å². The van der Waals surface area contributed by atoms with Gasteiger partial charge in [-0.05, 0) is 51.8 Å². The number of anilines is 1. The summed E-state index contributed by atoms with van der Waals surface area (Å²) < 4.78 is 15.8. The van der Waals surface area contributed by atoms with Crippen molar-refractivity contribution in [3.8, 4) is 0 Å². The molecule has 1 amide bonds. The van der Waals surface area contributed by atoms with Gasteiger partial charge in [-0.25, -0.2) is 4.79 Å². The molecular weight excluding hydrogens is 554 g/mol. The summed E-state index contributed by atoms with van der Waals surface area (Å²) in [7, 11) is 0. The Morgan fingerprint density at radius 3 is 1.86 bits per heavy atom. The first kappa shape index (κ1) is 34.2. The van der Waals surface area contributed by atoms with Crippen molar-refractivity contribution in [3.05, 3.63) is 39.7 Å². The minimum absolute atomic E-state index is 0.0652. The van der Waals surface area contributed by atoms with Crippen molar-refractivity contribution < 1.29 is 28.3 Å². The molecule has 1 aromatic heterocycles. The molecule has 12 heteroatoms. The average molecular weight is 602 g/mol. The van der Waals surface area contributed by atoms with Crippen molar-refractivity contribution >= 4 is 34.5 Å². The second kappa shape index (κ2) is 17.1. The van der Waals surface area contributed by atoms with Crippen molar-refractivity contribution in [2.24, 2.45) is 0 Å². The standard InChI is InChI=1S/C31H47N5O7/c1-6-36(26-19-27-25(17-24(26)5)23(4)18-29(38)43-27)28(37)20-33-11-9-32-10-12-34(21-30(39)41-7-2)14-16-35(15-13-33)22-31(40)42-8-3/h17-19,32H,6-16,20-22H2,1-5H3. The Kier molecular flexibility index (Phi) is 13.6. The first-order chi connectivity index (χ1) is 20.6. The Bertz CT molecular complexity index is 1300. The molecule has 238 valence electrons. The Hall–Kier alpha value is -3.32. The molecule has 1 aliphatic heterocycles. The first-order valence-electron chi connectivity index (χ1n) is 15.2. The van der Waals surface area contributed by atoms with Gasteiger partial charge in [-0.15, -0.1) is 0 Å². The highest BCUT2D eigenvalue weighted by molar-refractivity contribution is 5.98. The number of likely N-dealkylation sites (N-methyl/N-ethyl adjacent to an activating group) is 1. The summed E-state index contributed by atoms with van der Waals surface area (Å²) in [6.07, 6.45) is 0. The van der Waals surface area contributed by atoms with Gasteiger partial charge in [0, 0.05) is 76.4 Å². The van der Waals surface area contributed by atoms with Crippen molar-refractivity contribution in [1.29, 1.82) is 0 Å². The number of hydrogen-bond donors (Lipinski definition) is 1. The highest BCUT2D eigenvalue weighted by atomic mass is 16.5. The van der Waals surface area contributed by atoms with Gasteiger partial charge in [0.25, 0.3) is 0 Å². The van der Waals surface area contributed by atoms with E-state index in [1.54, 1.807) is 24.8 Å². The molecule has 12 nitrogen and oxygen atoms in total. The molecule has 0 bridgehead atoms. The van der Waals surface area contributed by atoms with Crippen LogP contribution in [0.25, 0.3) is 11.0 Å². The van der Waals surface area contributed by atoms with Crippen LogP contribution in [0.4, 0.5) is 5.69 Å². The molecule has 3 rings (SSSR count). The van der Waals surface area contributed by atoms with Crippen LogP contribution < -0.4 is 15.8 Å². The number of ether oxygens (including phenoxy) is 2. The molecule has 2 heterocycles. The normalized spacial score (nSPS) is 16.3. The molecule has 1 aliphatic rings. The number of fused-ring (bicyclic) bond motifs is 1. The van der Waals surface area contributed by atoms with Gasteiger partial charge in [0.05, 0.1) is 38.5 Å². The Morgan fingerprint density at radius 1 is 0.791 bits per heavy atom. The number of rotatable bonds is 10. The molecule has 1 fully saturated rings. The maximum atomic E-state index is 13.7. The third kappa shape index (κ3) is 10.4. The summed E-state index contributed by atoms with van der Waals surface area (Å²) in [6, 6.07) is 5.21. The lowest BCUT2D eigenvalue weighted by Gasteiger charge is -2.32. The number of benzene rings is 1. The third-order valence-electron chi connectivity index (χ3n) is 7.53. The van der Waals surface area contributed by atoms with E-state index >= 15 is 0 Å². The van der Waals surface area contributed by atoms with Gasteiger partial charge in [0.1, 0.15) is 5.58 Å². The number of hydrogen-bond acceptors (Lipinski definition) is 11. The molecular formula is C31H47N5O7. The van der Waals surface area contributed by atoms with Crippen LogP contribution in [0, 0.1) is 13.8 Å². The van der Waals surface area contributed by atoms with Crippen molar-refractivity contribution in [2.45, 2.75) is 34.6 Å². The molecule has 2 aromatic rings. The Morgan fingerprint density at radius 2 is 1.33 bits per heavy atom. The maximum absolute atomic E-state index is 13.7. The molecule has 1 aromatic carbocycles. The number of nitrogens with zero attached hydrogens (tertiary/aromatic N) is 4. The minimum atomic E-state index is -0.419. The van der Waals surface area contributed by atoms with E-state index in [1.165, 1.54) is 6.07 Å². The highest BCUT2D eigenvalue weighted by Gasteiger charge is 2.23. The van der Waals surface area contributed by atoms with Gasteiger partial charge < -0.3 is 24.1 Å². The van der Waals surface area contributed by atoms with Crippen LogP contribution in [0.1, 0.15) is 31.9 Å². The van der Waals surface area contributed by atoms with E-state index in [4.69, 9.17) is 13.9 Å². The lowest BCUT2D eigenvalue weighted by molar-refractivity contribution is -0.146. The molecule has 0 spiro atoms. The molecule has 43 heavy (non-hydrogen) atoms. The monoisotopic (exact) mass is 601 g/mol. The number of nitrogens with one attached hydrogen (secondary N) is 1. The zero-order valence-electron chi connectivity index (χ0n) is 26.3. The van der Waals surface area contributed by atoms with E-state index in [9.17, 15) is 19.2 Å². The predicted octanol–water partition coefficient (Wildman–Crippen LogP) is 1.40. The second-order valence-corrected chi connectivity index (χ2v) is 10.7. The molecule has 0 atom stereocenters. The third-order valence-corrected chi connectivity index (χ3v) is 7.53. The molecule has 1 saturated heterocycles. The minimum Gasteiger partial charge on any atom is -0.465 e. The smallest absolute Gasteiger partial charge is 0.336 e. The van der Waals surface area contributed by atoms with Gasteiger partial charge in [-0.1, -0.05) is 0 Å². The number of carbonyl (C=O) groups excluding carboxylic acids is 3. The van der Waals surface area contributed by atoms with Crippen LogP contribution >= 0.6 is 0 Å². The van der Waals surface area contributed by atoms with E-state index in [0.717, 1.165) is 16.5 Å². The molecule has 1 N–H and O–H groups in total. The fourth-order valence-corrected chi connectivity index (χ4v) is 5.26. The van der Waals surface area contributed by atoms with Gasteiger partial charge in [-0.3, -0.25) is 29.1 Å². The zero-order valence-corrected chi connectivity index (χ0v) is 26.3. The fraction of sp³-hybridized carbons (Fsp3) is 0.613. The Balaban J connectivity index is 1.75. The SMILES string of the molecule is CCOC(=O)CN1CCNCCN(CC(=O)N(CC)c2cc3oc(=O)cc(C)c3cc2C)CCN(CC(=O)OCC)CC1. The van der Waals surface area contributed by atoms with Crippen LogP contribution in [0.5, 0.6) is 0 Å². The number of esters is 2. The molecule has 0 saturated carbocycles. The van der Waals surface area contributed by atoms with Gasteiger partial charge in [-0.2, -0.15) is 0 Å². The largest absolute Gasteiger partial charge is 0.465 e. The lowest BCUT2D eigenvalue weighted by Crippen LogP contribution is -2.49. The van der Waals surface area contributed by atoms with Crippen molar-refractivity contribution in [3.63, 3.8) is 0 Å². The summed E-state index contributed by atoms with van der Waals surface area (Å²) in [6.45, 7) is 15.8. The molecule has 0 radical (unpaired) electrons. The van der Waals surface area contributed by atoms with E-state index in [1.807, 2.05) is 36.6 Å². The second-order valence-electron chi connectivity index (χ2n) is 10.7. The van der Waals surface area contributed by atoms with Crippen LogP contribution in [0.15, 0.2) is 27.4 Å². The van der Waals surface area contributed by atoms with Crippen LogP contribution in [-0.2, 0) is 23.9 Å². The summed E-state index contributed by atoms with van der Waals surface area (Å²) >= 11 is 0. The topological polar surface area (TPSA) is 125 Å². The van der Waals surface area contributed by atoms with Gasteiger partial charge in [0.15, 0.2) is 0 Å².